The van der Waals surface area contributed by atoms with Crippen molar-refractivity contribution in [3.8, 4) is 0 Å². The molecule has 0 aliphatic rings. The van der Waals surface area contributed by atoms with Crippen molar-refractivity contribution in [3.05, 3.63) is 34.9 Å². The Morgan fingerprint density at radius 3 is 2.47 bits per heavy atom. The van der Waals surface area contributed by atoms with Crippen LogP contribution in [0.5, 0.6) is 0 Å². The molecule has 0 aliphatic heterocycles. The minimum atomic E-state index is 0.00778. The SMILES string of the molecule is CCc1[c]c(CN)cc(C(=O)N(C)C)c1. The van der Waals surface area contributed by atoms with Gasteiger partial charge in [-0.1, -0.05) is 6.92 Å². The molecule has 0 atom stereocenters. The zero-order valence-electron chi connectivity index (χ0n) is 9.50. The van der Waals surface area contributed by atoms with Gasteiger partial charge in [0.25, 0.3) is 5.91 Å². The Hall–Kier alpha value is -1.35. The first-order valence-electron chi connectivity index (χ1n) is 5.05. The summed E-state index contributed by atoms with van der Waals surface area (Å²) in [7, 11) is 3.49. The molecular weight excluding hydrogens is 188 g/mol. The zero-order chi connectivity index (χ0) is 11.4. The van der Waals surface area contributed by atoms with Crippen molar-refractivity contribution in [1.29, 1.82) is 0 Å². The number of aryl methyl sites for hydroxylation is 1. The summed E-state index contributed by atoms with van der Waals surface area (Å²) in [5.41, 5.74) is 8.17. The Labute approximate surface area is 90.9 Å². The Balaban J connectivity index is 3.12. The van der Waals surface area contributed by atoms with E-state index >= 15 is 0 Å². The lowest BCUT2D eigenvalue weighted by Gasteiger charge is -2.12. The lowest BCUT2D eigenvalue weighted by molar-refractivity contribution is 0.0827. The summed E-state index contributed by atoms with van der Waals surface area (Å²) in [5, 5.41) is 0. The first kappa shape index (κ1) is 11.7. The number of hydrogen-bond acceptors (Lipinski definition) is 2. The van der Waals surface area contributed by atoms with E-state index in [9.17, 15) is 4.79 Å². The van der Waals surface area contributed by atoms with Crippen LogP contribution in [0, 0.1) is 6.07 Å². The van der Waals surface area contributed by atoms with Gasteiger partial charge in [-0.15, -0.1) is 0 Å². The number of amides is 1. The van der Waals surface area contributed by atoms with Crippen LogP contribution in [0.4, 0.5) is 0 Å². The highest BCUT2D eigenvalue weighted by atomic mass is 16.2. The van der Waals surface area contributed by atoms with Gasteiger partial charge in [-0.05, 0) is 35.7 Å². The highest BCUT2D eigenvalue weighted by Gasteiger charge is 2.09. The van der Waals surface area contributed by atoms with Crippen molar-refractivity contribution in [2.75, 3.05) is 14.1 Å². The number of carbonyl (C=O) groups excluding carboxylic acids is 1. The average molecular weight is 205 g/mol. The molecule has 1 amide bonds. The fraction of sp³-hybridized carbons (Fsp3) is 0.417. The number of nitrogens with two attached hydrogens (primary N) is 1. The maximum Gasteiger partial charge on any atom is 0.253 e. The van der Waals surface area contributed by atoms with Crippen LogP contribution in [0.1, 0.15) is 28.4 Å². The summed E-state index contributed by atoms with van der Waals surface area (Å²) in [4.78, 5) is 13.3. The largest absolute Gasteiger partial charge is 0.345 e. The van der Waals surface area contributed by atoms with Crippen molar-refractivity contribution in [2.24, 2.45) is 5.73 Å². The van der Waals surface area contributed by atoms with E-state index in [2.05, 4.69) is 6.07 Å². The number of benzene rings is 1. The van der Waals surface area contributed by atoms with Gasteiger partial charge in [0.2, 0.25) is 0 Å². The lowest BCUT2D eigenvalue weighted by Crippen LogP contribution is -2.22. The van der Waals surface area contributed by atoms with Gasteiger partial charge in [-0.25, -0.2) is 0 Å². The molecule has 15 heavy (non-hydrogen) atoms. The minimum Gasteiger partial charge on any atom is -0.345 e. The van der Waals surface area contributed by atoms with Gasteiger partial charge in [0.15, 0.2) is 0 Å². The van der Waals surface area contributed by atoms with Gasteiger partial charge < -0.3 is 10.6 Å². The molecule has 1 radical (unpaired) electrons. The Kier molecular flexibility index (Phi) is 3.86. The van der Waals surface area contributed by atoms with Crippen LogP contribution in [0.25, 0.3) is 0 Å². The second-order valence-corrected chi connectivity index (χ2v) is 3.68. The number of nitrogens with zero attached hydrogens (tertiary/aromatic N) is 1. The molecule has 1 aromatic carbocycles. The van der Waals surface area contributed by atoms with E-state index in [-0.39, 0.29) is 5.91 Å². The first-order chi connectivity index (χ1) is 7.08. The third-order valence-electron chi connectivity index (χ3n) is 2.23. The summed E-state index contributed by atoms with van der Waals surface area (Å²) >= 11 is 0. The molecule has 81 valence electrons. The summed E-state index contributed by atoms with van der Waals surface area (Å²) in [6.45, 7) is 2.46. The van der Waals surface area contributed by atoms with Gasteiger partial charge in [-0.3, -0.25) is 4.79 Å². The predicted octanol–water partition coefficient (Wildman–Crippen LogP) is 1.21. The molecule has 3 nitrogen and oxygen atoms in total. The first-order valence-corrected chi connectivity index (χ1v) is 5.05. The number of rotatable bonds is 3. The molecule has 0 heterocycles. The maximum atomic E-state index is 11.8. The quantitative estimate of drug-likeness (QED) is 0.806. The highest BCUT2D eigenvalue weighted by Crippen LogP contribution is 2.11. The Bertz CT molecular complexity index is 336. The number of carbonyl (C=O) groups is 1. The van der Waals surface area contributed by atoms with E-state index in [1.54, 1.807) is 19.0 Å². The molecule has 0 saturated carbocycles. The van der Waals surface area contributed by atoms with Crippen LogP contribution in [0.2, 0.25) is 0 Å². The van der Waals surface area contributed by atoms with E-state index in [0.717, 1.165) is 17.5 Å². The molecule has 0 bridgehead atoms. The second kappa shape index (κ2) is 4.94. The van der Waals surface area contributed by atoms with Crippen molar-refractivity contribution < 1.29 is 4.79 Å². The van der Waals surface area contributed by atoms with E-state index in [1.807, 2.05) is 19.1 Å². The Morgan fingerprint density at radius 1 is 1.40 bits per heavy atom. The molecule has 1 aromatic rings. The molecule has 0 aliphatic carbocycles. The van der Waals surface area contributed by atoms with Crippen molar-refractivity contribution in [2.45, 2.75) is 19.9 Å². The van der Waals surface area contributed by atoms with Gasteiger partial charge in [0, 0.05) is 26.2 Å². The van der Waals surface area contributed by atoms with Crippen molar-refractivity contribution in [3.63, 3.8) is 0 Å². The van der Waals surface area contributed by atoms with E-state index < -0.39 is 0 Å². The molecule has 2 N–H and O–H groups in total. The summed E-state index contributed by atoms with van der Waals surface area (Å²) in [6.07, 6.45) is 0.863. The molecule has 0 spiro atoms. The van der Waals surface area contributed by atoms with Gasteiger partial charge in [-0.2, -0.15) is 0 Å². The van der Waals surface area contributed by atoms with Crippen LogP contribution < -0.4 is 5.73 Å². The van der Waals surface area contributed by atoms with Gasteiger partial charge in [0.05, 0.1) is 0 Å². The van der Waals surface area contributed by atoms with Crippen molar-refractivity contribution in [1.82, 2.24) is 4.90 Å². The van der Waals surface area contributed by atoms with Crippen LogP contribution in [0.15, 0.2) is 12.1 Å². The summed E-state index contributed by atoms with van der Waals surface area (Å²) in [6, 6.07) is 6.87. The van der Waals surface area contributed by atoms with Crippen LogP contribution in [0.3, 0.4) is 0 Å². The monoisotopic (exact) mass is 205 g/mol. The van der Waals surface area contributed by atoms with Crippen LogP contribution in [-0.2, 0) is 13.0 Å². The second-order valence-electron chi connectivity index (χ2n) is 3.68. The lowest BCUT2D eigenvalue weighted by atomic mass is 10.0. The molecule has 0 fully saturated rings. The highest BCUT2D eigenvalue weighted by molar-refractivity contribution is 5.94. The Morgan fingerprint density at radius 2 is 2.00 bits per heavy atom. The summed E-state index contributed by atoms with van der Waals surface area (Å²) in [5.74, 6) is 0.00778. The fourth-order valence-electron chi connectivity index (χ4n) is 1.38. The topological polar surface area (TPSA) is 46.3 Å². The molecule has 1 rings (SSSR count). The summed E-state index contributed by atoms with van der Waals surface area (Å²) < 4.78 is 0. The van der Waals surface area contributed by atoms with E-state index in [1.165, 1.54) is 0 Å². The van der Waals surface area contributed by atoms with E-state index in [4.69, 9.17) is 5.73 Å². The molecule has 3 heteroatoms. The predicted molar refractivity (Wildman–Crippen MR) is 60.6 cm³/mol. The van der Waals surface area contributed by atoms with Crippen LogP contribution >= 0.6 is 0 Å². The molecule has 0 aromatic heterocycles. The average Bonchev–Trinajstić information content (AvgIpc) is 2.27. The van der Waals surface area contributed by atoms with Gasteiger partial charge in [0.1, 0.15) is 0 Å². The normalized spacial score (nSPS) is 10.1. The van der Waals surface area contributed by atoms with Crippen molar-refractivity contribution >= 4 is 5.91 Å². The van der Waals surface area contributed by atoms with Gasteiger partial charge >= 0.3 is 0 Å². The smallest absolute Gasteiger partial charge is 0.253 e. The fourth-order valence-corrected chi connectivity index (χ4v) is 1.38. The molecule has 0 saturated heterocycles. The number of hydrogen-bond donors (Lipinski definition) is 1. The maximum absolute atomic E-state index is 11.8. The molecular formula is C12H17N2O. The zero-order valence-corrected chi connectivity index (χ0v) is 9.50. The van der Waals surface area contributed by atoms with Crippen LogP contribution in [-0.4, -0.2) is 24.9 Å². The minimum absolute atomic E-state index is 0.00778. The standard InChI is InChI=1S/C12H17N2O/c1-4-9-5-10(8-13)7-11(6-9)12(15)14(2)3/h6-7H,4,8,13H2,1-3H3. The van der Waals surface area contributed by atoms with E-state index in [0.29, 0.717) is 12.1 Å². The molecule has 0 unspecified atom stereocenters. The third-order valence-corrected chi connectivity index (χ3v) is 2.23. The third kappa shape index (κ3) is 2.80.